The molecule has 0 aliphatic heterocycles. The predicted octanol–water partition coefficient (Wildman–Crippen LogP) is 1.58. The Hall–Kier alpha value is -2.49. The lowest BCUT2D eigenvalue weighted by Crippen LogP contribution is -2.16. The van der Waals surface area contributed by atoms with Crippen LogP contribution < -0.4 is 4.72 Å². The second kappa shape index (κ2) is 5.13. The summed E-state index contributed by atoms with van der Waals surface area (Å²) in [6.07, 6.45) is 1.39. The number of aryl methyl sites for hydroxylation is 2. The molecular weight excluding hydrogens is 303 g/mol. The van der Waals surface area contributed by atoms with E-state index >= 15 is 0 Å². The van der Waals surface area contributed by atoms with Crippen molar-refractivity contribution in [2.75, 3.05) is 4.72 Å². The maximum Gasteiger partial charge on any atom is 0.306 e. The number of sulfonamides is 1. The molecule has 0 aliphatic rings. The molecule has 0 atom stereocenters. The van der Waals surface area contributed by atoms with E-state index in [2.05, 4.69) is 9.82 Å². The number of hydrogen-bond donors (Lipinski definition) is 1. The minimum atomic E-state index is -4.08. The Labute approximate surface area is 119 Å². The summed E-state index contributed by atoms with van der Waals surface area (Å²) in [5.41, 5.74) is -1.02. The Kier molecular flexibility index (Phi) is 3.64. The van der Waals surface area contributed by atoms with Crippen LogP contribution in [0.2, 0.25) is 0 Å². The quantitative estimate of drug-likeness (QED) is 0.681. The molecule has 0 amide bonds. The fraction of sp³-hybridized carbons (Fsp3) is 0.182. The van der Waals surface area contributed by atoms with Crippen LogP contribution in [0.5, 0.6) is 0 Å². The first-order chi connectivity index (χ1) is 9.72. The number of nitrogens with zero attached hydrogens (tertiary/aromatic N) is 3. The van der Waals surface area contributed by atoms with Gasteiger partial charge in [0.25, 0.3) is 10.0 Å². The van der Waals surface area contributed by atoms with Gasteiger partial charge in [-0.3, -0.25) is 19.5 Å². The Balaban J connectivity index is 2.50. The molecule has 0 saturated heterocycles. The molecule has 2 rings (SSSR count). The number of rotatable bonds is 4. The number of anilines is 1. The van der Waals surface area contributed by atoms with Gasteiger partial charge in [0.2, 0.25) is 5.82 Å². The zero-order valence-corrected chi connectivity index (χ0v) is 11.9. The summed E-state index contributed by atoms with van der Waals surface area (Å²) in [5, 5.41) is 14.6. The monoisotopic (exact) mass is 314 g/mol. The van der Waals surface area contributed by atoms with Gasteiger partial charge in [0.1, 0.15) is 5.82 Å². The van der Waals surface area contributed by atoms with Crippen LogP contribution in [0.15, 0.2) is 29.3 Å². The number of hydrogen-bond acceptors (Lipinski definition) is 5. The number of nitrogens with one attached hydrogen (secondary N) is 1. The predicted molar refractivity (Wildman–Crippen MR) is 71.8 cm³/mol. The topological polar surface area (TPSA) is 107 Å². The van der Waals surface area contributed by atoms with E-state index in [0.717, 1.165) is 6.07 Å². The zero-order valence-electron chi connectivity index (χ0n) is 11.1. The average Bonchev–Trinajstić information content (AvgIpc) is 2.77. The van der Waals surface area contributed by atoms with E-state index in [4.69, 9.17) is 0 Å². The summed E-state index contributed by atoms with van der Waals surface area (Å²) >= 11 is 0. The molecule has 0 unspecified atom stereocenters. The first-order valence-corrected chi connectivity index (χ1v) is 7.16. The number of nitro benzene ring substituents is 1. The van der Waals surface area contributed by atoms with Crippen molar-refractivity contribution in [1.82, 2.24) is 9.78 Å². The highest BCUT2D eigenvalue weighted by atomic mass is 32.2. The van der Waals surface area contributed by atoms with Crippen LogP contribution in [-0.4, -0.2) is 23.1 Å². The second-order valence-electron chi connectivity index (χ2n) is 4.28. The van der Waals surface area contributed by atoms with Gasteiger partial charge in [0, 0.05) is 19.2 Å². The number of benzene rings is 1. The molecule has 0 fully saturated rings. The normalized spacial score (nSPS) is 11.4. The van der Waals surface area contributed by atoms with E-state index < -0.39 is 31.3 Å². The highest BCUT2D eigenvalue weighted by Crippen LogP contribution is 2.26. The van der Waals surface area contributed by atoms with Crippen LogP contribution >= 0.6 is 0 Å². The van der Waals surface area contributed by atoms with E-state index in [1.54, 1.807) is 0 Å². The summed E-state index contributed by atoms with van der Waals surface area (Å²) < 4.78 is 41.5. The van der Waals surface area contributed by atoms with Gasteiger partial charge in [-0.25, -0.2) is 8.42 Å². The van der Waals surface area contributed by atoms with Crippen molar-refractivity contribution >= 4 is 21.5 Å². The third-order valence-electron chi connectivity index (χ3n) is 2.78. The van der Waals surface area contributed by atoms with E-state index in [1.807, 2.05) is 0 Å². The first-order valence-electron chi connectivity index (χ1n) is 5.68. The Bertz CT molecular complexity index is 816. The van der Waals surface area contributed by atoms with E-state index in [-0.39, 0.29) is 11.4 Å². The highest BCUT2D eigenvalue weighted by molar-refractivity contribution is 7.92. The second-order valence-corrected chi connectivity index (χ2v) is 5.96. The van der Waals surface area contributed by atoms with Crippen LogP contribution in [-0.2, 0) is 17.1 Å². The summed E-state index contributed by atoms with van der Waals surface area (Å²) in [4.78, 5) is 9.40. The van der Waals surface area contributed by atoms with Crippen molar-refractivity contribution in [2.45, 2.75) is 11.8 Å². The van der Waals surface area contributed by atoms with Gasteiger partial charge in [0.15, 0.2) is 0 Å². The largest absolute Gasteiger partial charge is 0.306 e. The lowest BCUT2D eigenvalue weighted by molar-refractivity contribution is -0.387. The number of nitro groups is 1. The maximum absolute atomic E-state index is 13.6. The van der Waals surface area contributed by atoms with E-state index in [9.17, 15) is 22.9 Å². The fourth-order valence-electron chi connectivity index (χ4n) is 1.68. The van der Waals surface area contributed by atoms with Crippen molar-refractivity contribution in [3.63, 3.8) is 0 Å². The molecule has 0 spiro atoms. The summed E-state index contributed by atoms with van der Waals surface area (Å²) in [7, 11) is -2.56. The van der Waals surface area contributed by atoms with Gasteiger partial charge in [-0.2, -0.15) is 9.49 Å². The maximum atomic E-state index is 13.6. The SMILES string of the molecule is Cc1cc(S(=O)(=O)Nc2ccnn2C)cc([N+](=O)[O-])c1F. The lowest BCUT2D eigenvalue weighted by Gasteiger charge is -2.09. The van der Waals surface area contributed by atoms with Gasteiger partial charge >= 0.3 is 5.69 Å². The van der Waals surface area contributed by atoms with Crippen LogP contribution in [0.1, 0.15) is 5.56 Å². The average molecular weight is 314 g/mol. The molecule has 2 aromatic rings. The van der Waals surface area contributed by atoms with Crippen LogP contribution in [0.25, 0.3) is 0 Å². The van der Waals surface area contributed by atoms with Crippen molar-refractivity contribution < 1.29 is 17.7 Å². The van der Waals surface area contributed by atoms with Gasteiger partial charge < -0.3 is 0 Å². The molecule has 1 N–H and O–H groups in total. The van der Waals surface area contributed by atoms with Gasteiger partial charge in [-0.05, 0) is 18.6 Å². The Morgan fingerprint density at radius 2 is 2.10 bits per heavy atom. The number of halogens is 1. The van der Waals surface area contributed by atoms with Crippen LogP contribution in [0.3, 0.4) is 0 Å². The molecule has 8 nitrogen and oxygen atoms in total. The molecule has 1 heterocycles. The molecule has 1 aromatic heterocycles. The minimum Gasteiger partial charge on any atom is -0.264 e. The van der Waals surface area contributed by atoms with Crippen molar-refractivity contribution in [3.05, 3.63) is 45.9 Å². The van der Waals surface area contributed by atoms with Crippen LogP contribution in [0, 0.1) is 22.9 Å². The third kappa shape index (κ3) is 2.84. The third-order valence-corrected chi connectivity index (χ3v) is 4.11. The standard InChI is InChI=1S/C11H11FN4O4S/c1-7-5-8(6-9(11(7)12)16(17)18)21(19,20)14-10-3-4-13-15(10)2/h3-6,14H,1-2H3. The Morgan fingerprint density at radius 1 is 1.43 bits per heavy atom. The lowest BCUT2D eigenvalue weighted by atomic mass is 10.2. The van der Waals surface area contributed by atoms with Crippen molar-refractivity contribution in [1.29, 1.82) is 0 Å². The molecule has 1 aromatic carbocycles. The van der Waals surface area contributed by atoms with Gasteiger partial charge in [-0.15, -0.1) is 0 Å². The highest BCUT2D eigenvalue weighted by Gasteiger charge is 2.24. The minimum absolute atomic E-state index is 0.130. The zero-order chi connectivity index (χ0) is 15.8. The van der Waals surface area contributed by atoms with Crippen molar-refractivity contribution in [3.8, 4) is 0 Å². The van der Waals surface area contributed by atoms with Gasteiger partial charge in [-0.1, -0.05) is 0 Å². The molecule has 0 radical (unpaired) electrons. The van der Waals surface area contributed by atoms with E-state index in [0.29, 0.717) is 6.07 Å². The van der Waals surface area contributed by atoms with Gasteiger partial charge in [0.05, 0.1) is 16.0 Å². The van der Waals surface area contributed by atoms with Crippen LogP contribution in [0.4, 0.5) is 15.9 Å². The smallest absolute Gasteiger partial charge is 0.264 e. The molecule has 0 bridgehead atoms. The Morgan fingerprint density at radius 3 is 2.62 bits per heavy atom. The molecule has 21 heavy (non-hydrogen) atoms. The summed E-state index contributed by atoms with van der Waals surface area (Å²) in [5.74, 6) is -0.876. The molecule has 0 saturated carbocycles. The first kappa shape index (κ1) is 14.9. The molecule has 0 aliphatic carbocycles. The molecular formula is C11H11FN4O4S. The molecule has 112 valence electrons. The fourth-order valence-corrected chi connectivity index (χ4v) is 2.87. The summed E-state index contributed by atoms with van der Waals surface area (Å²) in [6, 6.07) is 3.13. The van der Waals surface area contributed by atoms with E-state index in [1.165, 1.54) is 30.9 Å². The number of aromatic nitrogens is 2. The summed E-state index contributed by atoms with van der Waals surface area (Å²) in [6.45, 7) is 1.26. The van der Waals surface area contributed by atoms with Crippen molar-refractivity contribution in [2.24, 2.45) is 7.05 Å². The molecule has 10 heteroatoms.